The van der Waals surface area contributed by atoms with Gasteiger partial charge >= 0.3 is 12.0 Å². The maximum Gasteiger partial charge on any atom is 0.329 e. The van der Waals surface area contributed by atoms with Crippen molar-refractivity contribution in [2.45, 2.75) is 25.3 Å². The summed E-state index contributed by atoms with van der Waals surface area (Å²) in [6, 6.07) is 4.00. The van der Waals surface area contributed by atoms with Gasteiger partial charge in [-0.05, 0) is 43.9 Å². The summed E-state index contributed by atoms with van der Waals surface area (Å²) in [4.78, 5) is 23.2. The lowest BCUT2D eigenvalue weighted by atomic mass is 9.96. The van der Waals surface area contributed by atoms with Crippen molar-refractivity contribution in [3.05, 3.63) is 28.2 Å². The molecule has 0 radical (unpaired) electrons. The van der Waals surface area contributed by atoms with Crippen LogP contribution in [-0.4, -0.2) is 22.6 Å². The van der Waals surface area contributed by atoms with Crippen molar-refractivity contribution in [3.63, 3.8) is 0 Å². The van der Waals surface area contributed by atoms with E-state index in [1.54, 1.807) is 0 Å². The van der Waals surface area contributed by atoms with Crippen molar-refractivity contribution in [2.24, 2.45) is 5.92 Å². The smallest absolute Gasteiger partial charge is 0.329 e. The number of aliphatic carboxylic acids is 1. The minimum atomic E-state index is -1.26. The average molecular weight is 317 g/mol. The number of carbonyl (C=O) groups excluding carboxylic acids is 1. The Bertz CT molecular complexity index is 540. The van der Waals surface area contributed by atoms with E-state index in [-0.39, 0.29) is 5.92 Å². The highest BCUT2D eigenvalue weighted by Gasteiger charge is 2.48. The second-order valence-electron chi connectivity index (χ2n) is 5.02. The number of carboxylic acid groups (broad SMARTS) is 1. The topological polar surface area (TPSA) is 78.4 Å². The summed E-state index contributed by atoms with van der Waals surface area (Å²) in [5, 5.41) is 15.1. The first kappa shape index (κ1) is 14.9. The van der Waals surface area contributed by atoms with Crippen molar-refractivity contribution in [3.8, 4) is 0 Å². The molecule has 1 unspecified atom stereocenters. The molecule has 1 aliphatic rings. The molecule has 1 aliphatic carbocycles. The number of amides is 2. The van der Waals surface area contributed by atoms with Crippen LogP contribution in [0.3, 0.4) is 0 Å². The van der Waals surface area contributed by atoms with E-state index < -0.39 is 17.5 Å². The van der Waals surface area contributed by atoms with E-state index in [0.717, 1.165) is 12.8 Å². The van der Waals surface area contributed by atoms with Gasteiger partial charge in [-0.25, -0.2) is 9.59 Å². The number of carboxylic acids is 1. The normalized spacial score (nSPS) is 17.1. The van der Waals surface area contributed by atoms with Crippen LogP contribution < -0.4 is 10.6 Å². The molecule has 7 heteroatoms. The van der Waals surface area contributed by atoms with Gasteiger partial charge in [-0.3, -0.25) is 0 Å². The number of halogens is 2. The van der Waals surface area contributed by atoms with Crippen LogP contribution in [0.25, 0.3) is 0 Å². The molecule has 1 atom stereocenters. The van der Waals surface area contributed by atoms with Crippen LogP contribution in [0, 0.1) is 5.92 Å². The van der Waals surface area contributed by atoms with E-state index in [9.17, 15) is 14.7 Å². The lowest BCUT2D eigenvalue weighted by Crippen LogP contribution is -2.55. The molecular weight excluding hydrogens is 303 g/mol. The highest BCUT2D eigenvalue weighted by molar-refractivity contribution is 6.35. The predicted molar refractivity (Wildman–Crippen MR) is 77.4 cm³/mol. The molecule has 1 saturated carbocycles. The zero-order valence-electron chi connectivity index (χ0n) is 10.7. The van der Waals surface area contributed by atoms with Gasteiger partial charge in [0.25, 0.3) is 0 Å². The van der Waals surface area contributed by atoms with Gasteiger partial charge in [-0.1, -0.05) is 23.2 Å². The Hall–Kier alpha value is -1.46. The largest absolute Gasteiger partial charge is 0.480 e. The zero-order chi connectivity index (χ0) is 14.9. The Kier molecular flexibility index (Phi) is 4.11. The van der Waals surface area contributed by atoms with Crippen molar-refractivity contribution < 1.29 is 14.7 Å². The molecule has 1 fully saturated rings. The first-order valence-electron chi connectivity index (χ1n) is 6.10. The minimum Gasteiger partial charge on any atom is -0.480 e. The van der Waals surface area contributed by atoms with Crippen molar-refractivity contribution in [1.82, 2.24) is 5.32 Å². The summed E-state index contributed by atoms with van der Waals surface area (Å²) in [6.45, 7) is 1.51. The molecule has 108 valence electrons. The van der Waals surface area contributed by atoms with Gasteiger partial charge in [0.15, 0.2) is 0 Å². The lowest BCUT2D eigenvalue weighted by Gasteiger charge is -2.26. The van der Waals surface area contributed by atoms with E-state index in [1.807, 2.05) is 0 Å². The maximum absolute atomic E-state index is 11.9. The highest BCUT2D eigenvalue weighted by Crippen LogP contribution is 2.39. The van der Waals surface area contributed by atoms with Crippen molar-refractivity contribution in [1.29, 1.82) is 0 Å². The SMILES string of the molecule is CC(NC(=O)Nc1cc(Cl)cc(Cl)c1)(C(=O)O)C1CC1. The predicted octanol–water partition coefficient (Wildman–Crippen LogP) is 3.37. The van der Waals surface area contributed by atoms with Gasteiger partial charge in [-0.15, -0.1) is 0 Å². The van der Waals surface area contributed by atoms with E-state index in [0.29, 0.717) is 15.7 Å². The van der Waals surface area contributed by atoms with Crippen LogP contribution in [-0.2, 0) is 4.79 Å². The van der Waals surface area contributed by atoms with Crippen molar-refractivity contribution >= 4 is 40.9 Å². The van der Waals surface area contributed by atoms with Crippen LogP contribution in [0.1, 0.15) is 19.8 Å². The number of benzene rings is 1. The van der Waals surface area contributed by atoms with Crippen LogP contribution in [0.5, 0.6) is 0 Å². The van der Waals surface area contributed by atoms with Crippen LogP contribution in [0.15, 0.2) is 18.2 Å². The molecule has 3 N–H and O–H groups in total. The van der Waals surface area contributed by atoms with Crippen molar-refractivity contribution in [2.75, 3.05) is 5.32 Å². The third-order valence-corrected chi connectivity index (χ3v) is 3.77. The number of nitrogens with one attached hydrogen (secondary N) is 2. The molecule has 0 heterocycles. The lowest BCUT2D eigenvalue weighted by molar-refractivity contribution is -0.144. The van der Waals surface area contributed by atoms with Gasteiger partial charge in [0, 0.05) is 15.7 Å². The van der Waals surface area contributed by atoms with E-state index in [4.69, 9.17) is 23.2 Å². The standard InChI is InChI=1S/C13H14Cl2N2O3/c1-13(11(18)19,7-2-3-7)17-12(20)16-10-5-8(14)4-9(15)6-10/h4-7H,2-3H2,1H3,(H,18,19)(H2,16,17,20). The number of hydrogen-bond donors (Lipinski definition) is 3. The molecule has 1 aromatic carbocycles. The highest BCUT2D eigenvalue weighted by atomic mass is 35.5. The summed E-state index contributed by atoms with van der Waals surface area (Å²) in [6.07, 6.45) is 1.60. The molecule has 0 spiro atoms. The van der Waals surface area contributed by atoms with Gasteiger partial charge < -0.3 is 15.7 Å². The molecule has 5 nitrogen and oxygen atoms in total. The molecule has 2 amide bonds. The fourth-order valence-corrected chi connectivity index (χ4v) is 2.54. The molecule has 20 heavy (non-hydrogen) atoms. The molecular formula is C13H14Cl2N2O3. The molecule has 0 saturated heterocycles. The van der Waals surface area contributed by atoms with Gasteiger partial charge in [0.05, 0.1) is 0 Å². The van der Waals surface area contributed by atoms with Gasteiger partial charge in [0.2, 0.25) is 0 Å². The number of carbonyl (C=O) groups is 2. The van der Waals surface area contributed by atoms with Crippen LogP contribution >= 0.6 is 23.2 Å². The maximum atomic E-state index is 11.9. The second kappa shape index (κ2) is 5.50. The number of rotatable bonds is 4. The summed E-state index contributed by atoms with van der Waals surface area (Å²) in [5.41, 5.74) is -0.851. The monoisotopic (exact) mass is 316 g/mol. The average Bonchev–Trinajstić information content (AvgIpc) is 3.10. The Labute approximate surface area is 126 Å². The Morgan fingerprint density at radius 1 is 1.25 bits per heavy atom. The van der Waals surface area contributed by atoms with Crippen LogP contribution in [0.4, 0.5) is 10.5 Å². The Morgan fingerprint density at radius 3 is 2.25 bits per heavy atom. The summed E-state index contributed by atoms with van der Waals surface area (Å²) < 4.78 is 0. The first-order chi connectivity index (χ1) is 9.31. The van der Waals surface area contributed by atoms with Gasteiger partial charge in [0.1, 0.15) is 5.54 Å². The quantitative estimate of drug-likeness (QED) is 0.796. The summed E-state index contributed by atoms with van der Waals surface area (Å²) >= 11 is 11.7. The molecule has 0 bridgehead atoms. The number of anilines is 1. The molecule has 0 aromatic heterocycles. The Morgan fingerprint density at radius 2 is 1.80 bits per heavy atom. The van der Waals surface area contributed by atoms with E-state index >= 15 is 0 Å². The fraction of sp³-hybridized carbons (Fsp3) is 0.385. The number of hydrogen-bond acceptors (Lipinski definition) is 2. The molecule has 1 aromatic rings. The third-order valence-electron chi connectivity index (χ3n) is 3.33. The van der Waals surface area contributed by atoms with E-state index in [2.05, 4.69) is 10.6 Å². The minimum absolute atomic E-state index is 0.0336. The number of urea groups is 1. The molecule has 0 aliphatic heterocycles. The fourth-order valence-electron chi connectivity index (χ4n) is 2.02. The Balaban J connectivity index is 2.06. The molecule has 2 rings (SSSR count). The first-order valence-corrected chi connectivity index (χ1v) is 6.85. The van der Waals surface area contributed by atoms with Crippen LogP contribution in [0.2, 0.25) is 10.0 Å². The zero-order valence-corrected chi connectivity index (χ0v) is 12.3. The van der Waals surface area contributed by atoms with Gasteiger partial charge in [-0.2, -0.15) is 0 Å². The summed E-state index contributed by atoms with van der Waals surface area (Å²) in [7, 11) is 0. The second-order valence-corrected chi connectivity index (χ2v) is 5.89. The third kappa shape index (κ3) is 3.35. The summed E-state index contributed by atoms with van der Waals surface area (Å²) in [5.74, 6) is -1.08. The van der Waals surface area contributed by atoms with E-state index in [1.165, 1.54) is 25.1 Å².